The van der Waals surface area contributed by atoms with Gasteiger partial charge in [-0.05, 0) is 60.9 Å². The summed E-state index contributed by atoms with van der Waals surface area (Å²) in [7, 11) is 0. The molecule has 1 aliphatic rings. The zero-order chi connectivity index (χ0) is 17.2. The Balaban J connectivity index is 1.66. The average Bonchev–Trinajstić information content (AvgIpc) is 2.64. The van der Waals surface area contributed by atoms with E-state index in [-0.39, 0.29) is 5.75 Å². The van der Waals surface area contributed by atoms with Gasteiger partial charge < -0.3 is 5.11 Å². The molecule has 25 heavy (non-hydrogen) atoms. The smallest absolute Gasteiger partial charge is 0.174 e. The largest absolute Gasteiger partial charge is 0.507 e. The van der Waals surface area contributed by atoms with Crippen molar-refractivity contribution in [3.63, 3.8) is 0 Å². The van der Waals surface area contributed by atoms with Crippen molar-refractivity contribution in [2.24, 2.45) is 0 Å². The Hall–Kier alpha value is -2.89. The highest BCUT2D eigenvalue weighted by Gasteiger charge is 2.18. The Labute approximate surface area is 144 Å². The number of hydrogen-bond acceptors (Lipinski definition) is 5. The molecule has 0 amide bonds. The molecule has 1 aliphatic carbocycles. The van der Waals surface area contributed by atoms with Gasteiger partial charge >= 0.3 is 0 Å². The summed E-state index contributed by atoms with van der Waals surface area (Å²) in [5.74, 6) is 0.492. The van der Waals surface area contributed by atoms with Crippen molar-refractivity contribution in [3.05, 3.63) is 48.2 Å². The lowest BCUT2D eigenvalue weighted by atomic mass is 9.93. The molecule has 6 heteroatoms. The molecule has 0 bridgehead atoms. The van der Waals surface area contributed by atoms with Crippen molar-refractivity contribution in [1.29, 1.82) is 0 Å². The lowest BCUT2D eigenvalue weighted by molar-refractivity contribution is 0.319. The Morgan fingerprint density at radius 2 is 2.04 bits per heavy atom. The molecule has 0 unspecified atom stereocenters. The van der Waals surface area contributed by atoms with Gasteiger partial charge in [0.25, 0.3) is 0 Å². The van der Waals surface area contributed by atoms with Gasteiger partial charge in [-0.15, -0.1) is 10.2 Å². The van der Waals surface area contributed by atoms with Crippen LogP contribution in [0.3, 0.4) is 0 Å². The number of rotatable bonds is 2. The van der Waals surface area contributed by atoms with Gasteiger partial charge in [0.05, 0.1) is 6.20 Å². The highest BCUT2D eigenvalue weighted by Crippen LogP contribution is 2.32. The van der Waals surface area contributed by atoms with Crippen LogP contribution in [0.4, 0.5) is 4.39 Å². The van der Waals surface area contributed by atoms with Gasteiger partial charge in [0.2, 0.25) is 0 Å². The predicted molar refractivity (Wildman–Crippen MR) is 93.6 cm³/mol. The molecule has 1 aromatic carbocycles. The summed E-state index contributed by atoms with van der Waals surface area (Å²) in [5, 5.41) is 20.3. The standard InChI is InChI=1S/C19H17FN4O/c20-16-4-2-1-3-13(16)9-19-22-11-17(23-24-19)15-7-12-5-6-21-10-14(12)8-18(15)25/h5-11,16,25H,1-4H2/b13-9+/t16-/m1/s1. The number of phenols is 1. The maximum absolute atomic E-state index is 13.9. The van der Waals surface area contributed by atoms with E-state index in [0.29, 0.717) is 23.5 Å². The monoisotopic (exact) mass is 336 g/mol. The fraction of sp³-hybridized carbons (Fsp3) is 0.263. The van der Waals surface area contributed by atoms with Crippen molar-refractivity contribution in [1.82, 2.24) is 20.2 Å². The van der Waals surface area contributed by atoms with Crippen LogP contribution < -0.4 is 0 Å². The van der Waals surface area contributed by atoms with Crippen LogP contribution in [0.1, 0.15) is 31.5 Å². The molecule has 0 saturated heterocycles. The number of alkyl halides is 1. The van der Waals surface area contributed by atoms with Crippen molar-refractivity contribution in [3.8, 4) is 17.0 Å². The maximum Gasteiger partial charge on any atom is 0.174 e. The Morgan fingerprint density at radius 3 is 2.84 bits per heavy atom. The molecule has 4 rings (SSSR count). The number of pyridine rings is 1. The summed E-state index contributed by atoms with van der Waals surface area (Å²) < 4.78 is 13.9. The van der Waals surface area contributed by atoms with E-state index in [1.807, 2.05) is 12.1 Å². The van der Waals surface area contributed by atoms with Crippen LogP contribution in [0.2, 0.25) is 0 Å². The molecule has 1 saturated carbocycles. The van der Waals surface area contributed by atoms with Crippen molar-refractivity contribution >= 4 is 16.8 Å². The third-order valence-electron chi connectivity index (χ3n) is 4.50. The van der Waals surface area contributed by atoms with Gasteiger partial charge in [-0.1, -0.05) is 0 Å². The van der Waals surface area contributed by atoms with E-state index >= 15 is 0 Å². The molecule has 126 valence electrons. The summed E-state index contributed by atoms with van der Waals surface area (Å²) >= 11 is 0. The topological polar surface area (TPSA) is 71.8 Å². The minimum atomic E-state index is -0.907. The molecule has 0 radical (unpaired) electrons. The first-order valence-corrected chi connectivity index (χ1v) is 8.32. The third kappa shape index (κ3) is 3.20. The third-order valence-corrected chi connectivity index (χ3v) is 4.50. The summed E-state index contributed by atoms with van der Waals surface area (Å²) in [6, 6.07) is 5.34. The van der Waals surface area contributed by atoms with Gasteiger partial charge in [0.1, 0.15) is 17.6 Å². The van der Waals surface area contributed by atoms with E-state index in [1.165, 1.54) is 0 Å². The number of fused-ring (bicyclic) bond motifs is 1. The highest BCUT2D eigenvalue weighted by atomic mass is 19.1. The van der Waals surface area contributed by atoms with Crippen LogP contribution in [-0.2, 0) is 0 Å². The molecule has 2 aromatic heterocycles. The van der Waals surface area contributed by atoms with Crippen LogP contribution in [-0.4, -0.2) is 31.4 Å². The number of nitrogens with zero attached hydrogens (tertiary/aromatic N) is 4. The minimum Gasteiger partial charge on any atom is -0.507 e. The first-order chi connectivity index (χ1) is 12.2. The lowest BCUT2D eigenvalue weighted by Crippen LogP contribution is -2.10. The van der Waals surface area contributed by atoms with E-state index in [0.717, 1.165) is 35.6 Å². The summed E-state index contributed by atoms with van der Waals surface area (Å²) in [5.41, 5.74) is 1.76. The van der Waals surface area contributed by atoms with E-state index in [2.05, 4.69) is 20.2 Å². The van der Waals surface area contributed by atoms with E-state index in [9.17, 15) is 9.50 Å². The second-order valence-electron chi connectivity index (χ2n) is 6.23. The number of hydrogen-bond donors (Lipinski definition) is 1. The molecule has 0 aliphatic heterocycles. The number of benzene rings is 1. The van der Waals surface area contributed by atoms with Crippen molar-refractivity contribution < 1.29 is 9.50 Å². The normalized spacial score (nSPS) is 19.4. The highest BCUT2D eigenvalue weighted by molar-refractivity contribution is 5.89. The fourth-order valence-electron chi connectivity index (χ4n) is 3.13. The Kier molecular flexibility index (Phi) is 4.09. The fourth-order valence-corrected chi connectivity index (χ4v) is 3.13. The predicted octanol–water partition coefficient (Wildman–Crippen LogP) is 4.09. The number of halogens is 1. The summed E-state index contributed by atoms with van der Waals surface area (Å²) in [4.78, 5) is 8.31. The van der Waals surface area contributed by atoms with E-state index in [1.54, 1.807) is 30.7 Å². The molecule has 5 nitrogen and oxygen atoms in total. The molecule has 1 atom stereocenters. The van der Waals surface area contributed by atoms with Crippen LogP contribution in [0.15, 0.2) is 42.4 Å². The van der Waals surface area contributed by atoms with E-state index in [4.69, 9.17) is 0 Å². The second kappa shape index (κ2) is 6.55. The van der Waals surface area contributed by atoms with Crippen molar-refractivity contribution in [2.45, 2.75) is 31.9 Å². The van der Waals surface area contributed by atoms with Crippen LogP contribution >= 0.6 is 0 Å². The Bertz CT molecular complexity index is 940. The molecule has 2 heterocycles. The summed E-state index contributed by atoms with van der Waals surface area (Å²) in [6.07, 6.45) is 8.95. The van der Waals surface area contributed by atoms with Crippen molar-refractivity contribution in [2.75, 3.05) is 0 Å². The molecule has 1 fully saturated rings. The molecule has 3 aromatic rings. The maximum atomic E-state index is 13.9. The number of aromatic nitrogens is 4. The lowest BCUT2D eigenvalue weighted by Gasteiger charge is -2.17. The van der Waals surface area contributed by atoms with Crippen LogP contribution in [0.25, 0.3) is 28.1 Å². The van der Waals surface area contributed by atoms with Gasteiger partial charge in [0, 0.05) is 23.3 Å². The first kappa shape index (κ1) is 15.6. The number of allylic oxidation sites excluding steroid dienone is 1. The van der Waals surface area contributed by atoms with Gasteiger partial charge in [-0.2, -0.15) is 0 Å². The zero-order valence-electron chi connectivity index (χ0n) is 13.6. The molecule has 1 N–H and O–H groups in total. The second-order valence-corrected chi connectivity index (χ2v) is 6.23. The average molecular weight is 336 g/mol. The van der Waals surface area contributed by atoms with Gasteiger partial charge in [0.15, 0.2) is 5.82 Å². The van der Waals surface area contributed by atoms with Crippen LogP contribution in [0, 0.1) is 0 Å². The molecule has 0 spiro atoms. The van der Waals surface area contributed by atoms with Gasteiger partial charge in [-0.3, -0.25) is 4.98 Å². The minimum absolute atomic E-state index is 0.0961. The zero-order valence-corrected chi connectivity index (χ0v) is 13.6. The summed E-state index contributed by atoms with van der Waals surface area (Å²) in [6.45, 7) is 0. The first-order valence-electron chi connectivity index (χ1n) is 8.32. The quantitative estimate of drug-likeness (QED) is 0.763. The van der Waals surface area contributed by atoms with E-state index < -0.39 is 6.17 Å². The molecular weight excluding hydrogens is 319 g/mol. The molecular formula is C19H17FN4O. The Morgan fingerprint density at radius 1 is 1.12 bits per heavy atom. The number of phenolic OH excluding ortho intramolecular Hbond substituents is 1. The van der Waals surface area contributed by atoms with Gasteiger partial charge in [-0.25, -0.2) is 9.37 Å². The SMILES string of the molecule is Oc1cc2cnccc2cc1-c1cnc(/C=C2\CCCC[C@H]2F)nn1. The van der Waals surface area contributed by atoms with Crippen LogP contribution in [0.5, 0.6) is 5.75 Å². The number of aromatic hydroxyl groups is 1.